The first-order chi connectivity index (χ1) is 8.75. The number of anilines is 2. The van der Waals surface area contributed by atoms with Crippen LogP contribution in [-0.2, 0) is 9.47 Å². The summed E-state index contributed by atoms with van der Waals surface area (Å²) < 4.78 is 10.3. The van der Waals surface area contributed by atoms with Gasteiger partial charge >= 0.3 is 0 Å². The number of nitrogens with two attached hydrogens (primary N) is 1. The smallest absolute Gasteiger partial charge is 0.0700 e. The molecule has 0 fully saturated rings. The molecule has 0 saturated carbocycles. The topological polar surface area (TPSA) is 56.5 Å². The van der Waals surface area contributed by atoms with Crippen molar-refractivity contribution in [2.24, 2.45) is 0 Å². The largest absolute Gasteiger partial charge is 0.397 e. The van der Waals surface area contributed by atoms with Crippen molar-refractivity contribution in [1.29, 1.82) is 0 Å². The maximum atomic E-state index is 5.98. The zero-order valence-corrected chi connectivity index (χ0v) is 11.4. The number of unbranched alkanes of at least 4 members (excludes halogenated alkanes) is 1. The number of benzene rings is 1. The van der Waals surface area contributed by atoms with E-state index in [1.165, 1.54) is 0 Å². The van der Waals surface area contributed by atoms with Crippen molar-refractivity contribution < 1.29 is 9.47 Å². The third kappa shape index (κ3) is 5.38. The van der Waals surface area contributed by atoms with Gasteiger partial charge < -0.3 is 20.5 Å². The normalized spacial score (nSPS) is 10.6. The van der Waals surface area contributed by atoms with E-state index in [0.717, 1.165) is 42.9 Å². The summed E-state index contributed by atoms with van der Waals surface area (Å²) >= 11 is 0. The number of rotatable bonds is 9. The fourth-order valence-electron chi connectivity index (χ4n) is 1.63. The third-order valence-corrected chi connectivity index (χ3v) is 2.79. The van der Waals surface area contributed by atoms with Crippen LogP contribution in [0.5, 0.6) is 0 Å². The van der Waals surface area contributed by atoms with E-state index in [4.69, 9.17) is 15.2 Å². The van der Waals surface area contributed by atoms with Gasteiger partial charge in [-0.05, 0) is 31.4 Å². The van der Waals surface area contributed by atoms with Gasteiger partial charge in [0.2, 0.25) is 0 Å². The Balaban J connectivity index is 2.09. The molecule has 1 aromatic rings. The van der Waals surface area contributed by atoms with Gasteiger partial charge in [0.1, 0.15) is 0 Å². The summed E-state index contributed by atoms with van der Waals surface area (Å²) in [5, 5.41) is 3.35. The van der Waals surface area contributed by atoms with Gasteiger partial charge in [0.05, 0.1) is 24.6 Å². The van der Waals surface area contributed by atoms with Gasteiger partial charge in [-0.25, -0.2) is 0 Å². The average Bonchev–Trinajstić information content (AvgIpc) is 2.37. The Morgan fingerprint density at radius 3 is 2.78 bits per heavy atom. The van der Waals surface area contributed by atoms with Gasteiger partial charge in [0.15, 0.2) is 0 Å². The lowest BCUT2D eigenvalue weighted by Crippen LogP contribution is -2.07. The first-order valence-corrected chi connectivity index (χ1v) is 6.41. The molecule has 0 aliphatic rings. The number of nitrogen functional groups attached to an aromatic ring is 1. The molecule has 0 aromatic heterocycles. The highest BCUT2D eigenvalue weighted by Crippen LogP contribution is 2.21. The standard InChI is InChI=1S/C14H24N2O2/c1-12-6-5-7-13(14(12)15)16-8-3-4-9-18-11-10-17-2/h5-7,16H,3-4,8-11,15H2,1-2H3. The molecule has 0 atom stereocenters. The summed E-state index contributed by atoms with van der Waals surface area (Å²) in [4.78, 5) is 0. The van der Waals surface area contributed by atoms with Crippen molar-refractivity contribution in [1.82, 2.24) is 0 Å². The maximum absolute atomic E-state index is 5.98. The van der Waals surface area contributed by atoms with E-state index in [1.54, 1.807) is 7.11 Å². The first kappa shape index (κ1) is 14.8. The van der Waals surface area contributed by atoms with E-state index >= 15 is 0 Å². The van der Waals surface area contributed by atoms with Crippen molar-refractivity contribution in [2.75, 3.05) is 44.5 Å². The van der Waals surface area contributed by atoms with E-state index in [9.17, 15) is 0 Å². The molecule has 0 bridgehead atoms. The molecule has 0 aliphatic carbocycles. The summed E-state index contributed by atoms with van der Waals surface area (Å²) in [5.41, 5.74) is 8.96. The van der Waals surface area contributed by atoms with Crippen LogP contribution in [0, 0.1) is 6.92 Å². The molecule has 0 radical (unpaired) electrons. The van der Waals surface area contributed by atoms with Gasteiger partial charge in [-0.15, -0.1) is 0 Å². The highest BCUT2D eigenvalue weighted by Gasteiger charge is 1.99. The Morgan fingerprint density at radius 2 is 2.00 bits per heavy atom. The van der Waals surface area contributed by atoms with Crippen LogP contribution in [0.15, 0.2) is 18.2 Å². The van der Waals surface area contributed by atoms with Crippen LogP contribution in [0.2, 0.25) is 0 Å². The minimum Gasteiger partial charge on any atom is -0.397 e. The summed E-state index contributed by atoms with van der Waals surface area (Å²) in [6.07, 6.45) is 2.11. The fraction of sp³-hybridized carbons (Fsp3) is 0.571. The lowest BCUT2D eigenvalue weighted by molar-refractivity contribution is 0.0691. The Labute approximate surface area is 109 Å². The van der Waals surface area contributed by atoms with Crippen molar-refractivity contribution in [2.45, 2.75) is 19.8 Å². The monoisotopic (exact) mass is 252 g/mol. The van der Waals surface area contributed by atoms with Gasteiger partial charge in [-0.3, -0.25) is 0 Å². The zero-order chi connectivity index (χ0) is 13.2. The molecule has 4 heteroatoms. The second kappa shape index (κ2) is 8.78. The van der Waals surface area contributed by atoms with E-state index in [-0.39, 0.29) is 0 Å². The molecule has 4 nitrogen and oxygen atoms in total. The van der Waals surface area contributed by atoms with Crippen LogP contribution >= 0.6 is 0 Å². The zero-order valence-electron chi connectivity index (χ0n) is 11.4. The SMILES string of the molecule is COCCOCCCCNc1cccc(C)c1N. The van der Waals surface area contributed by atoms with E-state index in [2.05, 4.69) is 5.32 Å². The third-order valence-electron chi connectivity index (χ3n) is 2.79. The molecule has 0 spiro atoms. The van der Waals surface area contributed by atoms with Crippen molar-refractivity contribution in [3.63, 3.8) is 0 Å². The number of nitrogens with one attached hydrogen (secondary N) is 1. The number of aryl methyl sites for hydroxylation is 1. The minimum atomic E-state index is 0.665. The van der Waals surface area contributed by atoms with Gasteiger partial charge in [-0.2, -0.15) is 0 Å². The predicted molar refractivity (Wildman–Crippen MR) is 76.0 cm³/mol. The number of hydrogen-bond acceptors (Lipinski definition) is 4. The summed E-state index contributed by atoms with van der Waals surface area (Å²) in [5.74, 6) is 0. The molecule has 18 heavy (non-hydrogen) atoms. The van der Waals surface area contributed by atoms with Crippen LogP contribution < -0.4 is 11.1 Å². The highest BCUT2D eigenvalue weighted by molar-refractivity contribution is 5.69. The predicted octanol–water partition coefficient (Wildman–Crippen LogP) is 2.43. The minimum absolute atomic E-state index is 0.665. The molecular formula is C14H24N2O2. The Hall–Kier alpha value is -1.26. The maximum Gasteiger partial charge on any atom is 0.0700 e. The fourth-order valence-corrected chi connectivity index (χ4v) is 1.63. The number of ether oxygens (including phenoxy) is 2. The Kier molecular flexibility index (Phi) is 7.22. The quantitative estimate of drug-likeness (QED) is 0.523. The summed E-state index contributed by atoms with van der Waals surface area (Å²) in [6.45, 7) is 5.06. The summed E-state index contributed by atoms with van der Waals surface area (Å²) in [7, 11) is 1.68. The molecule has 1 rings (SSSR count). The first-order valence-electron chi connectivity index (χ1n) is 6.41. The molecule has 0 heterocycles. The molecule has 0 saturated heterocycles. The highest BCUT2D eigenvalue weighted by atomic mass is 16.5. The van der Waals surface area contributed by atoms with Crippen molar-refractivity contribution >= 4 is 11.4 Å². The lowest BCUT2D eigenvalue weighted by Gasteiger charge is -2.11. The van der Waals surface area contributed by atoms with Crippen LogP contribution in [0.1, 0.15) is 18.4 Å². The van der Waals surface area contributed by atoms with Crippen molar-refractivity contribution in [3.05, 3.63) is 23.8 Å². The molecule has 0 unspecified atom stereocenters. The van der Waals surface area contributed by atoms with Gasteiger partial charge in [0, 0.05) is 20.3 Å². The van der Waals surface area contributed by atoms with Gasteiger partial charge in [0.25, 0.3) is 0 Å². The molecule has 0 amide bonds. The Bertz CT molecular complexity index is 343. The molecule has 0 aliphatic heterocycles. The van der Waals surface area contributed by atoms with Crippen LogP contribution in [0.3, 0.4) is 0 Å². The summed E-state index contributed by atoms with van der Waals surface area (Å²) in [6, 6.07) is 6.05. The number of methoxy groups -OCH3 is 1. The molecule has 102 valence electrons. The molecule has 1 aromatic carbocycles. The van der Waals surface area contributed by atoms with E-state index < -0.39 is 0 Å². The van der Waals surface area contributed by atoms with Crippen molar-refractivity contribution in [3.8, 4) is 0 Å². The van der Waals surface area contributed by atoms with E-state index in [0.29, 0.717) is 13.2 Å². The second-order valence-electron chi connectivity index (χ2n) is 4.28. The number of hydrogen-bond donors (Lipinski definition) is 2. The lowest BCUT2D eigenvalue weighted by atomic mass is 10.1. The second-order valence-corrected chi connectivity index (χ2v) is 4.28. The van der Waals surface area contributed by atoms with E-state index in [1.807, 2.05) is 25.1 Å². The van der Waals surface area contributed by atoms with Crippen LogP contribution in [0.4, 0.5) is 11.4 Å². The van der Waals surface area contributed by atoms with Crippen LogP contribution in [-0.4, -0.2) is 33.5 Å². The van der Waals surface area contributed by atoms with Gasteiger partial charge in [-0.1, -0.05) is 12.1 Å². The molecular weight excluding hydrogens is 228 g/mol. The average molecular weight is 252 g/mol. The Morgan fingerprint density at radius 1 is 1.17 bits per heavy atom. The molecule has 3 N–H and O–H groups in total. The number of para-hydroxylation sites is 1. The van der Waals surface area contributed by atoms with Crippen LogP contribution in [0.25, 0.3) is 0 Å².